The van der Waals surface area contributed by atoms with Crippen molar-refractivity contribution in [2.45, 2.75) is 38.6 Å². The number of carbonyl (C=O) groups excluding carboxylic acids is 1. The number of para-hydroxylation sites is 2. The maximum atomic E-state index is 11.4. The summed E-state index contributed by atoms with van der Waals surface area (Å²) < 4.78 is 18.2. The number of imidazole rings is 1. The number of nitrogens with zero attached hydrogens (tertiary/aromatic N) is 2. The van der Waals surface area contributed by atoms with Crippen LogP contribution < -0.4 is 14.8 Å². The number of aryl methyl sites for hydroxylation is 2. The summed E-state index contributed by atoms with van der Waals surface area (Å²) in [7, 11) is 3.18. The number of amides is 1. The quantitative estimate of drug-likeness (QED) is 0.385. The lowest BCUT2D eigenvalue weighted by atomic mass is 10.2. The number of fused-ring (bicyclic) bond motifs is 1. The lowest BCUT2D eigenvalue weighted by Crippen LogP contribution is -2.27. The summed E-state index contributed by atoms with van der Waals surface area (Å²) in [5.74, 6) is 2.72. The van der Waals surface area contributed by atoms with Gasteiger partial charge in [-0.2, -0.15) is 0 Å². The molecule has 0 saturated heterocycles. The molecule has 0 saturated carbocycles. The molecule has 7 nitrogen and oxygen atoms in total. The van der Waals surface area contributed by atoms with Gasteiger partial charge in [-0.25, -0.2) is 4.98 Å². The largest absolute Gasteiger partial charge is 0.497 e. The number of benzene rings is 2. The molecule has 0 bridgehead atoms. The van der Waals surface area contributed by atoms with E-state index in [1.807, 2.05) is 30.3 Å². The Hall–Kier alpha value is -3.06. The normalized spacial score (nSPS) is 10.9. The van der Waals surface area contributed by atoms with Crippen LogP contribution in [0.15, 0.2) is 48.5 Å². The van der Waals surface area contributed by atoms with Gasteiger partial charge in [0.2, 0.25) is 5.91 Å². The van der Waals surface area contributed by atoms with Gasteiger partial charge in [-0.3, -0.25) is 4.79 Å². The van der Waals surface area contributed by atoms with E-state index in [1.165, 1.54) is 12.6 Å². The van der Waals surface area contributed by atoms with Gasteiger partial charge in [0.15, 0.2) is 0 Å². The Morgan fingerprint density at radius 2 is 1.75 bits per heavy atom. The summed E-state index contributed by atoms with van der Waals surface area (Å²) >= 11 is 0. The van der Waals surface area contributed by atoms with Crippen molar-refractivity contribution in [1.29, 1.82) is 0 Å². The molecule has 0 atom stereocenters. The minimum absolute atomic E-state index is 0.0637. The molecule has 7 heteroatoms. The summed E-state index contributed by atoms with van der Waals surface area (Å²) in [4.78, 5) is 16.3. The highest BCUT2D eigenvalue weighted by Crippen LogP contribution is 2.20. The van der Waals surface area contributed by atoms with E-state index in [1.54, 1.807) is 7.11 Å². The van der Waals surface area contributed by atoms with Gasteiger partial charge in [0, 0.05) is 26.6 Å². The van der Waals surface area contributed by atoms with Crippen molar-refractivity contribution in [3.05, 3.63) is 54.4 Å². The summed E-state index contributed by atoms with van der Waals surface area (Å²) in [5.41, 5.74) is 2.20. The van der Waals surface area contributed by atoms with Crippen molar-refractivity contribution in [2.24, 2.45) is 0 Å². The second kappa shape index (κ2) is 12.7. The molecule has 2 aromatic carbocycles. The Morgan fingerprint density at radius 3 is 2.53 bits per heavy atom. The van der Waals surface area contributed by atoms with Crippen molar-refractivity contribution in [3.63, 3.8) is 0 Å². The first kappa shape index (κ1) is 23.6. The van der Waals surface area contributed by atoms with Crippen molar-refractivity contribution in [2.75, 3.05) is 34.0 Å². The highest BCUT2D eigenvalue weighted by Gasteiger charge is 2.10. The van der Waals surface area contributed by atoms with Gasteiger partial charge in [0.05, 0.1) is 24.8 Å². The molecule has 0 unspecified atom stereocenters. The van der Waals surface area contributed by atoms with Crippen molar-refractivity contribution >= 4 is 16.9 Å². The Morgan fingerprint density at radius 1 is 0.969 bits per heavy atom. The van der Waals surface area contributed by atoms with Crippen LogP contribution in [0.4, 0.5) is 0 Å². The van der Waals surface area contributed by atoms with Crippen LogP contribution in [-0.2, 0) is 22.5 Å². The standard InChI is InChI=1S/C25H33N3O4/c1-30-19-25(29)26-16-7-3-4-11-24-27-22-9-5-6-10-23(22)28(24)17-8-18-32-21-14-12-20(31-2)13-15-21/h5-6,9-10,12-15H,3-4,7-8,11,16-19H2,1-2H3,(H,26,29). The number of unbranched alkanes of at least 4 members (excludes halogenated alkanes) is 2. The predicted molar refractivity (Wildman–Crippen MR) is 125 cm³/mol. The zero-order valence-electron chi connectivity index (χ0n) is 19.0. The van der Waals surface area contributed by atoms with Gasteiger partial charge in [-0.1, -0.05) is 18.6 Å². The van der Waals surface area contributed by atoms with Crippen molar-refractivity contribution < 1.29 is 19.0 Å². The molecule has 3 aromatic rings. The molecule has 1 amide bonds. The molecule has 32 heavy (non-hydrogen) atoms. The summed E-state index contributed by atoms with van der Waals surface area (Å²) in [6.07, 6.45) is 4.83. The van der Waals surface area contributed by atoms with Crippen LogP contribution in [0, 0.1) is 0 Å². The topological polar surface area (TPSA) is 74.6 Å². The molecule has 1 N–H and O–H groups in total. The van der Waals surface area contributed by atoms with E-state index < -0.39 is 0 Å². The van der Waals surface area contributed by atoms with Crippen LogP contribution in [0.1, 0.15) is 31.5 Å². The fraction of sp³-hybridized carbons (Fsp3) is 0.440. The lowest BCUT2D eigenvalue weighted by molar-refractivity contribution is -0.124. The van der Waals surface area contributed by atoms with Gasteiger partial charge >= 0.3 is 0 Å². The molecule has 0 radical (unpaired) electrons. The molecule has 1 heterocycles. The smallest absolute Gasteiger partial charge is 0.245 e. The first-order valence-electron chi connectivity index (χ1n) is 11.2. The number of ether oxygens (including phenoxy) is 3. The third kappa shape index (κ3) is 6.99. The van der Waals surface area contributed by atoms with Crippen LogP contribution in [0.3, 0.4) is 0 Å². The number of rotatable bonds is 14. The Balaban J connectivity index is 1.48. The molecule has 0 spiro atoms. The van der Waals surface area contributed by atoms with Gasteiger partial charge in [-0.05, 0) is 55.7 Å². The van der Waals surface area contributed by atoms with Gasteiger partial charge < -0.3 is 24.1 Å². The first-order chi connectivity index (χ1) is 15.7. The van der Waals surface area contributed by atoms with E-state index in [-0.39, 0.29) is 12.5 Å². The van der Waals surface area contributed by atoms with Crippen LogP contribution >= 0.6 is 0 Å². The predicted octanol–water partition coefficient (Wildman–Crippen LogP) is 3.99. The minimum Gasteiger partial charge on any atom is -0.497 e. The number of aromatic nitrogens is 2. The third-order valence-corrected chi connectivity index (χ3v) is 5.26. The SMILES string of the molecule is COCC(=O)NCCCCCc1nc2ccccc2n1CCCOc1ccc(OC)cc1. The van der Waals surface area contributed by atoms with Crippen LogP contribution in [0.25, 0.3) is 11.0 Å². The molecule has 1 aromatic heterocycles. The maximum Gasteiger partial charge on any atom is 0.245 e. The molecular weight excluding hydrogens is 406 g/mol. The first-order valence-corrected chi connectivity index (χ1v) is 11.2. The molecule has 0 aliphatic heterocycles. The Labute approximate surface area is 189 Å². The molecule has 0 fully saturated rings. The average molecular weight is 440 g/mol. The molecule has 3 rings (SSSR count). The number of nitrogens with one attached hydrogen (secondary N) is 1. The highest BCUT2D eigenvalue weighted by molar-refractivity contribution is 5.77. The Kier molecular flexibility index (Phi) is 9.37. The zero-order chi connectivity index (χ0) is 22.6. The monoisotopic (exact) mass is 439 g/mol. The lowest BCUT2D eigenvalue weighted by Gasteiger charge is -2.11. The number of methoxy groups -OCH3 is 2. The summed E-state index contributed by atoms with van der Waals surface area (Å²) in [5, 5.41) is 2.86. The second-order valence-electron chi connectivity index (χ2n) is 7.64. The van der Waals surface area contributed by atoms with Crippen molar-refractivity contribution in [3.8, 4) is 11.5 Å². The molecule has 0 aliphatic rings. The van der Waals surface area contributed by atoms with E-state index >= 15 is 0 Å². The van der Waals surface area contributed by atoms with Gasteiger partial charge in [0.1, 0.15) is 23.9 Å². The molecule has 172 valence electrons. The van der Waals surface area contributed by atoms with E-state index in [0.717, 1.165) is 61.5 Å². The fourth-order valence-corrected chi connectivity index (χ4v) is 3.65. The third-order valence-electron chi connectivity index (χ3n) is 5.26. The van der Waals surface area contributed by atoms with Gasteiger partial charge in [-0.15, -0.1) is 0 Å². The summed E-state index contributed by atoms with van der Waals surface area (Å²) in [6, 6.07) is 15.9. The van der Waals surface area contributed by atoms with E-state index in [9.17, 15) is 4.79 Å². The zero-order valence-corrected chi connectivity index (χ0v) is 19.0. The summed E-state index contributed by atoms with van der Waals surface area (Å²) in [6.45, 7) is 2.30. The molecular formula is C25H33N3O4. The second-order valence-corrected chi connectivity index (χ2v) is 7.64. The maximum absolute atomic E-state index is 11.4. The van der Waals surface area contributed by atoms with E-state index in [2.05, 4.69) is 28.1 Å². The van der Waals surface area contributed by atoms with Gasteiger partial charge in [0.25, 0.3) is 0 Å². The van der Waals surface area contributed by atoms with Crippen molar-refractivity contribution in [1.82, 2.24) is 14.9 Å². The van der Waals surface area contributed by atoms with Crippen LogP contribution in [0.5, 0.6) is 11.5 Å². The van der Waals surface area contributed by atoms with E-state index in [0.29, 0.717) is 13.2 Å². The average Bonchev–Trinajstić information content (AvgIpc) is 3.17. The van der Waals surface area contributed by atoms with Crippen LogP contribution in [0.2, 0.25) is 0 Å². The number of hydrogen-bond acceptors (Lipinski definition) is 5. The minimum atomic E-state index is -0.0637. The van der Waals surface area contributed by atoms with E-state index in [4.69, 9.17) is 19.2 Å². The number of hydrogen-bond donors (Lipinski definition) is 1. The fourth-order valence-electron chi connectivity index (χ4n) is 3.65. The highest BCUT2D eigenvalue weighted by atomic mass is 16.5. The molecule has 0 aliphatic carbocycles. The Bertz CT molecular complexity index is 969. The van der Waals surface area contributed by atoms with Crippen LogP contribution in [-0.4, -0.2) is 49.4 Å². The number of carbonyl (C=O) groups is 1.